The van der Waals surface area contributed by atoms with E-state index in [9.17, 15) is 18.0 Å². The predicted molar refractivity (Wildman–Crippen MR) is 95.5 cm³/mol. The SMILES string of the molecule is CN(C)S(=O)(=O)c1ccc(C(=O)NC2CCc3n[nH]c(=O)cc3C2)cc1. The number of rotatable bonds is 4. The van der Waals surface area contributed by atoms with Crippen LogP contribution in [-0.4, -0.2) is 49.0 Å². The van der Waals surface area contributed by atoms with Crippen LogP contribution in [0.5, 0.6) is 0 Å². The van der Waals surface area contributed by atoms with E-state index >= 15 is 0 Å². The van der Waals surface area contributed by atoms with Crippen LogP contribution in [0.3, 0.4) is 0 Å². The molecule has 1 aliphatic carbocycles. The highest BCUT2D eigenvalue weighted by molar-refractivity contribution is 7.89. The van der Waals surface area contributed by atoms with Gasteiger partial charge in [0.05, 0.1) is 10.6 Å². The van der Waals surface area contributed by atoms with Crippen molar-refractivity contribution in [2.24, 2.45) is 0 Å². The van der Waals surface area contributed by atoms with E-state index in [0.717, 1.165) is 22.0 Å². The number of aryl methyl sites for hydroxylation is 1. The van der Waals surface area contributed by atoms with Crippen LogP contribution in [0.15, 0.2) is 40.0 Å². The first-order chi connectivity index (χ1) is 12.3. The molecule has 1 aromatic heterocycles. The molecule has 0 aliphatic heterocycles. The number of nitrogens with one attached hydrogen (secondary N) is 2. The minimum Gasteiger partial charge on any atom is -0.349 e. The van der Waals surface area contributed by atoms with Gasteiger partial charge < -0.3 is 5.32 Å². The summed E-state index contributed by atoms with van der Waals surface area (Å²) < 4.78 is 25.3. The van der Waals surface area contributed by atoms with Gasteiger partial charge in [-0.3, -0.25) is 9.59 Å². The molecule has 1 aromatic carbocycles. The highest BCUT2D eigenvalue weighted by Crippen LogP contribution is 2.19. The molecule has 0 saturated heterocycles. The van der Waals surface area contributed by atoms with E-state index in [2.05, 4.69) is 15.5 Å². The lowest BCUT2D eigenvalue weighted by atomic mass is 9.92. The summed E-state index contributed by atoms with van der Waals surface area (Å²) in [5, 5.41) is 9.38. The molecule has 2 aromatic rings. The fraction of sp³-hybridized carbons (Fsp3) is 0.353. The second-order valence-corrected chi connectivity index (χ2v) is 8.58. The average Bonchev–Trinajstić information content (AvgIpc) is 2.61. The number of benzene rings is 1. The van der Waals surface area contributed by atoms with E-state index in [-0.39, 0.29) is 22.4 Å². The third kappa shape index (κ3) is 3.68. The number of sulfonamides is 1. The summed E-state index contributed by atoms with van der Waals surface area (Å²) in [4.78, 5) is 24.0. The molecule has 0 saturated carbocycles. The number of aromatic nitrogens is 2. The average molecular weight is 376 g/mol. The second kappa shape index (κ2) is 7.00. The molecule has 0 spiro atoms. The van der Waals surface area contributed by atoms with Crippen molar-refractivity contribution in [1.29, 1.82) is 0 Å². The summed E-state index contributed by atoms with van der Waals surface area (Å²) in [7, 11) is -0.612. The lowest BCUT2D eigenvalue weighted by Gasteiger charge is -2.24. The Labute approximate surface area is 151 Å². The Balaban J connectivity index is 1.70. The Morgan fingerprint density at radius 2 is 1.96 bits per heavy atom. The maximum absolute atomic E-state index is 12.4. The van der Waals surface area contributed by atoms with Gasteiger partial charge in [0.2, 0.25) is 10.0 Å². The van der Waals surface area contributed by atoms with Gasteiger partial charge in [-0.2, -0.15) is 5.10 Å². The molecule has 0 fully saturated rings. The molecular weight excluding hydrogens is 356 g/mol. The number of hydrogen-bond donors (Lipinski definition) is 2. The zero-order chi connectivity index (χ0) is 18.9. The number of amides is 1. The third-order valence-corrected chi connectivity index (χ3v) is 6.23. The fourth-order valence-corrected chi connectivity index (χ4v) is 3.82. The van der Waals surface area contributed by atoms with Crippen molar-refractivity contribution in [2.45, 2.75) is 30.2 Å². The minimum absolute atomic E-state index is 0.0937. The maximum atomic E-state index is 12.4. The topological polar surface area (TPSA) is 112 Å². The largest absolute Gasteiger partial charge is 0.349 e. The Kier molecular flexibility index (Phi) is 4.92. The van der Waals surface area contributed by atoms with Crippen molar-refractivity contribution in [1.82, 2.24) is 19.8 Å². The number of hydrogen-bond acceptors (Lipinski definition) is 5. The number of fused-ring (bicyclic) bond motifs is 1. The monoisotopic (exact) mass is 376 g/mol. The third-order valence-electron chi connectivity index (χ3n) is 4.40. The minimum atomic E-state index is -3.52. The highest BCUT2D eigenvalue weighted by Gasteiger charge is 2.23. The zero-order valence-electron chi connectivity index (χ0n) is 14.5. The van der Waals surface area contributed by atoms with E-state index in [1.54, 1.807) is 0 Å². The first-order valence-electron chi connectivity index (χ1n) is 8.18. The standard InChI is InChI=1S/C17H20N4O4S/c1-21(2)26(24,25)14-6-3-11(4-7-14)17(23)18-13-5-8-15-12(9-13)10-16(22)20-19-15/h3-4,6-7,10,13H,5,8-9H2,1-2H3,(H,18,23)(H,20,22). The predicted octanol–water partition coefficient (Wildman–Crippen LogP) is 0.308. The number of nitrogens with zero attached hydrogens (tertiary/aromatic N) is 2. The summed E-state index contributed by atoms with van der Waals surface area (Å²) in [6.07, 6.45) is 1.95. The van der Waals surface area contributed by atoms with Crippen molar-refractivity contribution < 1.29 is 13.2 Å². The molecule has 3 rings (SSSR count). The second-order valence-electron chi connectivity index (χ2n) is 6.43. The quantitative estimate of drug-likeness (QED) is 0.797. The summed E-state index contributed by atoms with van der Waals surface area (Å²) in [5.41, 5.74) is 1.83. The smallest absolute Gasteiger partial charge is 0.264 e. The van der Waals surface area contributed by atoms with E-state index in [0.29, 0.717) is 18.4 Å². The van der Waals surface area contributed by atoms with Crippen LogP contribution in [0.2, 0.25) is 0 Å². The number of H-pyrrole nitrogens is 1. The highest BCUT2D eigenvalue weighted by atomic mass is 32.2. The Bertz CT molecular complexity index is 981. The Morgan fingerprint density at radius 3 is 2.62 bits per heavy atom. The molecule has 2 N–H and O–H groups in total. The van der Waals surface area contributed by atoms with Crippen molar-refractivity contribution in [3.8, 4) is 0 Å². The van der Waals surface area contributed by atoms with Gasteiger partial charge in [0.25, 0.3) is 11.5 Å². The van der Waals surface area contributed by atoms with Gasteiger partial charge >= 0.3 is 0 Å². The number of aromatic amines is 1. The van der Waals surface area contributed by atoms with E-state index in [1.807, 2.05) is 0 Å². The summed E-state index contributed by atoms with van der Waals surface area (Å²) in [5.74, 6) is -0.273. The van der Waals surface area contributed by atoms with Gasteiger partial charge in [0.1, 0.15) is 0 Å². The molecule has 1 unspecified atom stereocenters. The van der Waals surface area contributed by atoms with E-state index < -0.39 is 10.0 Å². The van der Waals surface area contributed by atoms with Crippen LogP contribution in [0.4, 0.5) is 0 Å². The molecule has 8 nitrogen and oxygen atoms in total. The molecule has 26 heavy (non-hydrogen) atoms. The molecule has 1 atom stereocenters. The summed E-state index contributed by atoms with van der Waals surface area (Å²) >= 11 is 0. The molecule has 1 amide bonds. The lowest BCUT2D eigenvalue weighted by Crippen LogP contribution is -2.39. The van der Waals surface area contributed by atoms with Gasteiger partial charge in [0, 0.05) is 31.8 Å². The van der Waals surface area contributed by atoms with Crippen molar-refractivity contribution in [3.05, 3.63) is 57.5 Å². The molecule has 0 bridgehead atoms. The Morgan fingerprint density at radius 1 is 1.27 bits per heavy atom. The van der Waals surface area contributed by atoms with Crippen LogP contribution in [-0.2, 0) is 22.9 Å². The summed E-state index contributed by atoms with van der Waals surface area (Å²) in [6.45, 7) is 0. The first kappa shape index (κ1) is 18.3. The molecule has 9 heteroatoms. The number of carbonyl (C=O) groups is 1. The number of carbonyl (C=O) groups excluding carboxylic acids is 1. The molecule has 138 valence electrons. The van der Waals surface area contributed by atoms with Crippen LogP contribution >= 0.6 is 0 Å². The van der Waals surface area contributed by atoms with Crippen molar-refractivity contribution in [3.63, 3.8) is 0 Å². The first-order valence-corrected chi connectivity index (χ1v) is 9.62. The van der Waals surface area contributed by atoms with Gasteiger partial charge in [-0.1, -0.05) is 0 Å². The van der Waals surface area contributed by atoms with Crippen LogP contribution in [0, 0.1) is 0 Å². The van der Waals surface area contributed by atoms with Crippen LogP contribution < -0.4 is 10.9 Å². The van der Waals surface area contributed by atoms with Crippen molar-refractivity contribution in [2.75, 3.05) is 14.1 Å². The van der Waals surface area contributed by atoms with Gasteiger partial charge in [-0.05, 0) is 49.1 Å². The van der Waals surface area contributed by atoms with Gasteiger partial charge in [-0.25, -0.2) is 17.8 Å². The van der Waals surface area contributed by atoms with Crippen molar-refractivity contribution >= 4 is 15.9 Å². The molecular formula is C17H20N4O4S. The molecule has 1 aliphatic rings. The van der Waals surface area contributed by atoms with Gasteiger partial charge in [-0.15, -0.1) is 0 Å². The van der Waals surface area contributed by atoms with Crippen LogP contribution in [0.1, 0.15) is 28.0 Å². The van der Waals surface area contributed by atoms with Gasteiger partial charge in [0.15, 0.2) is 0 Å². The van der Waals surface area contributed by atoms with Crippen LogP contribution in [0.25, 0.3) is 0 Å². The van der Waals surface area contributed by atoms with E-state index in [4.69, 9.17) is 0 Å². The van der Waals surface area contributed by atoms with E-state index in [1.165, 1.54) is 44.4 Å². The normalized spacial score (nSPS) is 17.0. The molecule has 1 heterocycles. The molecule has 0 radical (unpaired) electrons. The summed E-state index contributed by atoms with van der Waals surface area (Å²) in [6, 6.07) is 7.25. The Hall–Kier alpha value is -2.52. The zero-order valence-corrected chi connectivity index (χ0v) is 15.3. The lowest BCUT2D eigenvalue weighted by molar-refractivity contribution is 0.0933. The maximum Gasteiger partial charge on any atom is 0.264 e. The fourth-order valence-electron chi connectivity index (χ4n) is 2.92.